The Hall–Kier alpha value is -0.120. The maximum absolute atomic E-state index is 9.73. The number of ether oxygens (including phenoxy) is 1. The van der Waals surface area contributed by atoms with Gasteiger partial charge in [0.05, 0.1) is 18.8 Å². The van der Waals surface area contributed by atoms with Crippen molar-refractivity contribution in [1.82, 2.24) is 4.90 Å². The standard InChI is InChI=1S/C11H21NO2/c1-9-7-12(5-6-14-9)8-10-3-2-4-11(10)13/h9-11,13H,2-8H2,1H3. The average molecular weight is 199 g/mol. The van der Waals surface area contributed by atoms with Crippen molar-refractivity contribution in [2.75, 3.05) is 26.2 Å². The number of hydrogen-bond donors (Lipinski definition) is 1. The Labute approximate surface area is 86.0 Å². The predicted molar refractivity (Wildman–Crippen MR) is 55.2 cm³/mol. The Bertz CT molecular complexity index is 186. The molecule has 0 bridgehead atoms. The van der Waals surface area contributed by atoms with E-state index >= 15 is 0 Å². The lowest BCUT2D eigenvalue weighted by atomic mass is 10.1. The van der Waals surface area contributed by atoms with E-state index in [2.05, 4.69) is 11.8 Å². The molecular weight excluding hydrogens is 178 g/mol. The molecule has 0 aromatic rings. The minimum absolute atomic E-state index is 0.0480. The SMILES string of the molecule is CC1CN(CC2CCCC2O)CCO1. The summed E-state index contributed by atoms with van der Waals surface area (Å²) in [6, 6.07) is 0. The lowest BCUT2D eigenvalue weighted by molar-refractivity contribution is -0.0290. The van der Waals surface area contributed by atoms with Crippen LogP contribution in [-0.2, 0) is 4.74 Å². The summed E-state index contributed by atoms with van der Waals surface area (Å²) in [6.07, 6.45) is 3.72. The second kappa shape index (κ2) is 4.60. The van der Waals surface area contributed by atoms with Gasteiger partial charge in [-0.15, -0.1) is 0 Å². The van der Waals surface area contributed by atoms with Gasteiger partial charge >= 0.3 is 0 Å². The Morgan fingerprint density at radius 2 is 2.29 bits per heavy atom. The quantitative estimate of drug-likeness (QED) is 0.716. The molecular formula is C11H21NO2. The molecule has 1 saturated carbocycles. The highest BCUT2D eigenvalue weighted by Crippen LogP contribution is 2.26. The summed E-state index contributed by atoms with van der Waals surface area (Å²) >= 11 is 0. The first kappa shape index (κ1) is 10.4. The van der Waals surface area contributed by atoms with Crippen LogP contribution in [0.15, 0.2) is 0 Å². The fraction of sp³-hybridized carbons (Fsp3) is 1.00. The van der Waals surface area contributed by atoms with Gasteiger partial charge in [0.15, 0.2) is 0 Å². The van der Waals surface area contributed by atoms with Crippen molar-refractivity contribution >= 4 is 0 Å². The first-order valence-corrected chi connectivity index (χ1v) is 5.77. The molecule has 3 nitrogen and oxygen atoms in total. The molecule has 1 aliphatic carbocycles. The number of nitrogens with zero attached hydrogens (tertiary/aromatic N) is 1. The van der Waals surface area contributed by atoms with Crippen LogP contribution in [0.1, 0.15) is 26.2 Å². The van der Waals surface area contributed by atoms with Gasteiger partial charge in [-0.2, -0.15) is 0 Å². The number of aliphatic hydroxyl groups excluding tert-OH is 1. The summed E-state index contributed by atoms with van der Waals surface area (Å²) in [4.78, 5) is 2.44. The molecule has 1 heterocycles. The van der Waals surface area contributed by atoms with E-state index in [-0.39, 0.29) is 6.10 Å². The zero-order chi connectivity index (χ0) is 9.97. The molecule has 3 atom stereocenters. The molecule has 2 rings (SSSR count). The Balaban J connectivity index is 1.78. The van der Waals surface area contributed by atoms with Crippen molar-refractivity contribution in [1.29, 1.82) is 0 Å². The van der Waals surface area contributed by atoms with Gasteiger partial charge in [0, 0.05) is 19.6 Å². The topological polar surface area (TPSA) is 32.7 Å². The van der Waals surface area contributed by atoms with E-state index in [1.54, 1.807) is 0 Å². The molecule has 14 heavy (non-hydrogen) atoms. The first-order chi connectivity index (χ1) is 6.75. The highest BCUT2D eigenvalue weighted by Gasteiger charge is 2.28. The van der Waals surface area contributed by atoms with E-state index in [0.717, 1.165) is 32.7 Å². The summed E-state index contributed by atoms with van der Waals surface area (Å²) in [5.41, 5.74) is 0. The molecule has 1 saturated heterocycles. The van der Waals surface area contributed by atoms with Crippen LogP contribution in [0.4, 0.5) is 0 Å². The van der Waals surface area contributed by atoms with Gasteiger partial charge in [-0.05, 0) is 25.7 Å². The van der Waals surface area contributed by atoms with E-state index in [9.17, 15) is 5.11 Å². The lowest BCUT2D eigenvalue weighted by Crippen LogP contribution is -2.44. The second-order valence-electron chi connectivity index (χ2n) is 4.70. The van der Waals surface area contributed by atoms with Gasteiger partial charge in [0.25, 0.3) is 0 Å². The lowest BCUT2D eigenvalue weighted by Gasteiger charge is -2.33. The maximum atomic E-state index is 9.73. The van der Waals surface area contributed by atoms with Crippen molar-refractivity contribution in [3.05, 3.63) is 0 Å². The number of aliphatic hydroxyl groups is 1. The molecule has 3 heteroatoms. The molecule has 1 aliphatic heterocycles. The molecule has 2 aliphatic rings. The zero-order valence-electron chi connectivity index (χ0n) is 8.98. The second-order valence-corrected chi connectivity index (χ2v) is 4.70. The van der Waals surface area contributed by atoms with Crippen molar-refractivity contribution < 1.29 is 9.84 Å². The van der Waals surface area contributed by atoms with Gasteiger partial charge in [-0.1, -0.05) is 6.42 Å². The normalized spacial score (nSPS) is 40.3. The third-order valence-electron chi connectivity index (χ3n) is 3.44. The smallest absolute Gasteiger partial charge is 0.0674 e. The fourth-order valence-corrected chi connectivity index (χ4v) is 2.62. The third-order valence-corrected chi connectivity index (χ3v) is 3.44. The van der Waals surface area contributed by atoms with Crippen molar-refractivity contribution in [3.8, 4) is 0 Å². The molecule has 3 unspecified atom stereocenters. The van der Waals surface area contributed by atoms with Crippen LogP contribution in [-0.4, -0.2) is 48.5 Å². The molecule has 2 fully saturated rings. The third kappa shape index (κ3) is 2.47. The van der Waals surface area contributed by atoms with E-state index in [1.165, 1.54) is 12.8 Å². The molecule has 0 aromatic heterocycles. The molecule has 1 N–H and O–H groups in total. The van der Waals surface area contributed by atoms with Crippen LogP contribution >= 0.6 is 0 Å². The summed E-state index contributed by atoms with van der Waals surface area (Å²) in [6.45, 7) is 6.10. The summed E-state index contributed by atoms with van der Waals surface area (Å²) in [5, 5.41) is 9.73. The highest BCUT2D eigenvalue weighted by molar-refractivity contribution is 4.81. The number of rotatable bonds is 2. The first-order valence-electron chi connectivity index (χ1n) is 5.77. The molecule has 0 spiro atoms. The van der Waals surface area contributed by atoms with E-state index in [1.807, 2.05) is 0 Å². The minimum atomic E-state index is -0.0480. The summed E-state index contributed by atoms with van der Waals surface area (Å²) < 4.78 is 5.50. The monoisotopic (exact) mass is 199 g/mol. The summed E-state index contributed by atoms with van der Waals surface area (Å²) in [5.74, 6) is 0.514. The number of morpholine rings is 1. The van der Waals surface area contributed by atoms with Crippen LogP contribution in [0, 0.1) is 5.92 Å². The van der Waals surface area contributed by atoms with Gasteiger partial charge < -0.3 is 9.84 Å². The van der Waals surface area contributed by atoms with Crippen molar-refractivity contribution in [2.24, 2.45) is 5.92 Å². The largest absolute Gasteiger partial charge is 0.393 e. The number of hydrogen-bond acceptors (Lipinski definition) is 3. The van der Waals surface area contributed by atoms with Gasteiger partial charge in [-0.3, -0.25) is 4.90 Å². The zero-order valence-corrected chi connectivity index (χ0v) is 8.98. The highest BCUT2D eigenvalue weighted by atomic mass is 16.5. The van der Waals surface area contributed by atoms with E-state index in [4.69, 9.17) is 4.74 Å². The van der Waals surface area contributed by atoms with Crippen molar-refractivity contribution in [3.63, 3.8) is 0 Å². The Kier molecular flexibility index (Phi) is 3.42. The maximum Gasteiger partial charge on any atom is 0.0674 e. The van der Waals surface area contributed by atoms with Crippen LogP contribution < -0.4 is 0 Å². The Morgan fingerprint density at radius 1 is 1.43 bits per heavy atom. The van der Waals surface area contributed by atoms with E-state index in [0.29, 0.717) is 12.0 Å². The van der Waals surface area contributed by atoms with Gasteiger partial charge in [0.1, 0.15) is 0 Å². The van der Waals surface area contributed by atoms with Crippen LogP contribution in [0.2, 0.25) is 0 Å². The average Bonchev–Trinajstić information content (AvgIpc) is 2.52. The van der Waals surface area contributed by atoms with Gasteiger partial charge in [-0.25, -0.2) is 0 Å². The summed E-state index contributed by atoms with van der Waals surface area (Å²) in [7, 11) is 0. The predicted octanol–water partition coefficient (Wildman–Crippen LogP) is 0.868. The van der Waals surface area contributed by atoms with Crippen LogP contribution in [0.5, 0.6) is 0 Å². The molecule has 0 amide bonds. The molecule has 0 aromatic carbocycles. The van der Waals surface area contributed by atoms with Crippen LogP contribution in [0.25, 0.3) is 0 Å². The van der Waals surface area contributed by atoms with E-state index < -0.39 is 0 Å². The fourth-order valence-electron chi connectivity index (χ4n) is 2.62. The van der Waals surface area contributed by atoms with Gasteiger partial charge in [0.2, 0.25) is 0 Å². The molecule has 0 radical (unpaired) electrons. The molecule has 82 valence electrons. The van der Waals surface area contributed by atoms with Crippen LogP contribution in [0.3, 0.4) is 0 Å². The minimum Gasteiger partial charge on any atom is -0.393 e. The van der Waals surface area contributed by atoms with Crippen molar-refractivity contribution in [2.45, 2.75) is 38.4 Å². The Morgan fingerprint density at radius 3 is 2.93 bits per heavy atom.